The van der Waals surface area contributed by atoms with Crippen LogP contribution in [0.2, 0.25) is 0 Å². The lowest BCUT2D eigenvalue weighted by atomic mass is 10.3. The van der Waals surface area contributed by atoms with E-state index in [0.29, 0.717) is 5.69 Å². The second-order valence-corrected chi connectivity index (χ2v) is 2.78. The van der Waals surface area contributed by atoms with Crippen molar-refractivity contribution in [2.75, 3.05) is 12.4 Å². The molecule has 0 spiro atoms. The van der Waals surface area contributed by atoms with Crippen molar-refractivity contribution in [1.82, 2.24) is 0 Å². The highest BCUT2D eigenvalue weighted by atomic mass is 32.1. The Labute approximate surface area is 80.7 Å². The van der Waals surface area contributed by atoms with Gasteiger partial charge in [0.25, 0.3) is 0 Å². The van der Waals surface area contributed by atoms with E-state index in [9.17, 15) is 4.39 Å². The molecular weight excluding hydrogens is 191 g/mol. The van der Waals surface area contributed by atoms with Gasteiger partial charge >= 0.3 is 0 Å². The second kappa shape index (κ2) is 4.04. The molecule has 0 unspecified atom stereocenters. The molecule has 0 fully saturated rings. The van der Waals surface area contributed by atoms with Crippen LogP contribution in [0.1, 0.15) is 0 Å². The molecule has 1 rings (SSSR count). The van der Waals surface area contributed by atoms with Gasteiger partial charge in [-0.2, -0.15) is 0 Å². The summed E-state index contributed by atoms with van der Waals surface area (Å²) in [5.41, 5.74) is 5.84. The van der Waals surface area contributed by atoms with Crippen LogP contribution in [-0.4, -0.2) is 12.2 Å². The van der Waals surface area contributed by atoms with Crippen LogP contribution in [0.4, 0.5) is 10.1 Å². The molecular formula is C8H9FN2OS. The van der Waals surface area contributed by atoms with E-state index in [2.05, 4.69) is 17.5 Å². The highest BCUT2D eigenvalue weighted by Crippen LogP contribution is 2.20. The van der Waals surface area contributed by atoms with Crippen LogP contribution in [0.3, 0.4) is 0 Å². The van der Waals surface area contributed by atoms with E-state index in [0.717, 1.165) is 0 Å². The molecule has 0 aliphatic rings. The third kappa shape index (κ3) is 2.55. The number of hydrogen-bond donors (Lipinski definition) is 2. The van der Waals surface area contributed by atoms with Gasteiger partial charge in [0.15, 0.2) is 16.7 Å². The summed E-state index contributed by atoms with van der Waals surface area (Å²) in [6.45, 7) is 0. The zero-order chi connectivity index (χ0) is 9.84. The first-order valence-corrected chi connectivity index (χ1v) is 3.94. The Bertz CT molecular complexity index is 330. The van der Waals surface area contributed by atoms with Gasteiger partial charge in [-0.3, -0.25) is 0 Å². The number of ether oxygens (including phenoxy) is 1. The highest BCUT2D eigenvalue weighted by Gasteiger charge is 2.02. The van der Waals surface area contributed by atoms with Crippen molar-refractivity contribution in [3.05, 3.63) is 24.0 Å². The summed E-state index contributed by atoms with van der Waals surface area (Å²) in [7, 11) is 1.39. The Hall–Kier alpha value is -1.36. The zero-order valence-corrected chi connectivity index (χ0v) is 7.82. The lowest BCUT2D eigenvalue weighted by molar-refractivity contribution is 0.387. The monoisotopic (exact) mass is 200 g/mol. The predicted octanol–water partition coefficient (Wildman–Crippen LogP) is 1.49. The molecule has 0 bridgehead atoms. The normalized spacial score (nSPS) is 9.38. The van der Waals surface area contributed by atoms with E-state index < -0.39 is 5.82 Å². The van der Waals surface area contributed by atoms with E-state index in [1.165, 1.54) is 25.3 Å². The Morgan fingerprint density at radius 3 is 2.85 bits per heavy atom. The van der Waals surface area contributed by atoms with Crippen molar-refractivity contribution in [2.45, 2.75) is 0 Å². The van der Waals surface area contributed by atoms with Gasteiger partial charge in [-0.25, -0.2) is 4.39 Å². The minimum absolute atomic E-state index is 0.133. The minimum atomic E-state index is -0.420. The maximum Gasteiger partial charge on any atom is 0.168 e. The molecule has 0 heterocycles. The average molecular weight is 200 g/mol. The molecule has 70 valence electrons. The average Bonchev–Trinajstić information content (AvgIpc) is 2.07. The molecule has 0 atom stereocenters. The fraction of sp³-hybridized carbons (Fsp3) is 0.125. The molecule has 1 aromatic carbocycles. The number of nitrogens with two attached hydrogens (primary N) is 1. The summed E-state index contributed by atoms with van der Waals surface area (Å²) in [6, 6.07) is 4.28. The third-order valence-corrected chi connectivity index (χ3v) is 1.52. The largest absolute Gasteiger partial charge is 0.494 e. The topological polar surface area (TPSA) is 47.3 Å². The van der Waals surface area contributed by atoms with Crippen LogP contribution < -0.4 is 15.8 Å². The Balaban J connectivity index is 2.92. The number of benzene rings is 1. The summed E-state index contributed by atoms with van der Waals surface area (Å²) >= 11 is 4.62. The summed E-state index contributed by atoms with van der Waals surface area (Å²) in [5.74, 6) is -0.266. The molecule has 1 aromatic rings. The molecule has 3 N–H and O–H groups in total. The van der Waals surface area contributed by atoms with Crippen LogP contribution in [0.25, 0.3) is 0 Å². The standard InChI is InChI=1S/C8H9FN2OS/c1-12-7-4-5(11-8(10)13)2-3-6(7)9/h2-4H,1H3,(H3,10,11,13). The number of halogens is 1. The van der Waals surface area contributed by atoms with E-state index in [1.807, 2.05) is 0 Å². The van der Waals surface area contributed by atoms with Gasteiger partial charge in [-0.05, 0) is 24.4 Å². The van der Waals surface area contributed by atoms with Crippen molar-refractivity contribution in [1.29, 1.82) is 0 Å². The van der Waals surface area contributed by atoms with Gasteiger partial charge < -0.3 is 15.8 Å². The first-order chi connectivity index (χ1) is 6.13. The molecule has 0 amide bonds. The van der Waals surface area contributed by atoms with E-state index in [-0.39, 0.29) is 10.9 Å². The Morgan fingerprint density at radius 2 is 2.31 bits per heavy atom. The molecule has 0 radical (unpaired) electrons. The summed E-state index contributed by atoms with van der Waals surface area (Å²) < 4.78 is 17.7. The second-order valence-electron chi connectivity index (χ2n) is 2.34. The SMILES string of the molecule is COc1cc(NC(N)=S)ccc1F. The number of rotatable bonds is 2. The summed E-state index contributed by atoms with van der Waals surface area (Å²) in [6.07, 6.45) is 0. The van der Waals surface area contributed by atoms with Gasteiger partial charge in [0.2, 0.25) is 0 Å². The van der Waals surface area contributed by atoms with Crippen molar-refractivity contribution >= 4 is 23.0 Å². The fourth-order valence-corrected chi connectivity index (χ4v) is 0.998. The lowest BCUT2D eigenvalue weighted by Gasteiger charge is -2.06. The first-order valence-electron chi connectivity index (χ1n) is 3.53. The van der Waals surface area contributed by atoms with E-state index in [1.54, 1.807) is 0 Å². The zero-order valence-electron chi connectivity index (χ0n) is 7.00. The van der Waals surface area contributed by atoms with Crippen molar-refractivity contribution in [3.63, 3.8) is 0 Å². The van der Waals surface area contributed by atoms with Crippen molar-refractivity contribution in [2.24, 2.45) is 5.73 Å². The smallest absolute Gasteiger partial charge is 0.168 e. The quantitative estimate of drug-likeness (QED) is 0.710. The molecule has 5 heteroatoms. The van der Waals surface area contributed by atoms with Crippen molar-refractivity contribution < 1.29 is 9.13 Å². The third-order valence-electron chi connectivity index (χ3n) is 1.42. The number of nitrogens with one attached hydrogen (secondary N) is 1. The number of anilines is 1. The first kappa shape index (κ1) is 9.73. The maximum absolute atomic E-state index is 12.9. The van der Waals surface area contributed by atoms with Gasteiger partial charge in [0, 0.05) is 11.8 Å². The van der Waals surface area contributed by atoms with E-state index >= 15 is 0 Å². The summed E-state index contributed by atoms with van der Waals surface area (Å²) in [4.78, 5) is 0. The lowest BCUT2D eigenvalue weighted by Crippen LogP contribution is -2.18. The van der Waals surface area contributed by atoms with Crippen molar-refractivity contribution in [3.8, 4) is 5.75 Å². The molecule has 0 aliphatic carbocycles. The van der Waals surface area contributed by atoms with Crippen LogP contribution in [0.15, 0.2) is 18.2 Å². The number of hydrogen-bond acceptors (Lipinski definition) is 2. The highest BCUT2D eigenvalue weighted by molar-refractivity contribution is 7.80. The molecule has 13 heavy (non-hydrogen) atoms. The Morgan fingerprint density at radius 1 is 1.62 bits per heavy atom. The molecule has 0 saturated heterocycles. The maximum atomic E-state index is 12.9. The predicted molar refractivity (Wildman–Crippen MR) is 53.4 cm³/mol. The van der Waals surface area contributed by atoms with Crippen LogP contribution in [-0.2, 0) is 0 Å². The van der Waals surface area contributed by atoms with Gasteiger partial charge in [-0.15, -0.1) is 0 Å². The Kier molecular flexibility index (Phi) is 3.02. The van der Waals surface area contributed by atoms with Crippen LogP contribution in [0.5, 0.6) is 5.75 Å². The molecule has 3 nitrogen and oxygen atoms in total. The minimum Gasteiger partial charge on any atom is -0.494 e. The number of thiocarbonyl (C=S) groups is 1. The van der Waals surface area contributed by atoms with Gasteiger partial charge in [-0.1, -0.05) is 0 Å². The summed E-state index contributed by atoms with van der Waals surface area (Å²) in [5, 5.41) is 2.80. The van der Waals surface area contributed by atoms with E-state index in [4.69, 9.17) is 10.5 Å². The molecule has 0 aromatic heterocycles. The van der Waals surface area contributed by atoms with Crippen LogP contribution >= 0.6 is 12.2 Å². The van der Waals surface area contributed by atoms with Crippen LogP contribution in [0, 0.1) is 5.82 Å². The molecule has 0 saturated carbocycles. The van der Waals surface area contributed by atoms with Gasteiger partial charge in [0.1, 0.15) is 0 Å². The fourth-order valence-electron chi connectivity index (χ4n) is 0.880. The van der Waals surface area contributed by atoms with Gasteiger partial charge in [0.05, 0.1) is 7.11 Å². The molecule has 0 aliphatic heterocycles. The number of methoxy groups -OCH3 is 1.